The van der Waals surface area contributed by atoms with Crippen LogP contribution >= 0.6 is 11.6 Å². The van der Waals surface area contributed by atoms with E-state index in [4.69, 9.17) is 22.1 Å². The molecule has 1 saturated heterocycles. The average Bonchev–Trinajstić information content (AvgIpc) is 2.87. The fourth-order valence-corrected chi connectivity index (χ4v) is 4.19. The van der Waals surface area contributed by atoms with Crippen molar-refractivity contribution in [2.75, 3.05) is 31.6 Å². The topological polar surface area (TPSA) is 114 Å². The number of ether oxygens (including phenoxy) is 1. The number of carbonyl (C=O) groups is 3. The third-order valence-corrected chi connectivity index (χ3v) is 6.62. The molecule has 2 aromatic carbocycles. The fourth-order valence-electron chi connectivity index (χ4n) is 3.96. The van der Waals surface area contributed by atoms with Gasteiger partial charge in [-0.05, 0) is 54.7 Å². The molecule has 35 heavy (non-hydrogen) atoms. The van der Waals surface area contributed by atoms with E-state index < -0.39 is 17.3 Å². The van der Waals surface area contributed by atoms with Gasteiger partial charge in [-0.2, -0.15) is 0 Å². The molecule has 188 valence electrons. The van der Waals surface area contributed by atoms with Gasteiger partial charge in [-0.3, -0.25) is 14.9 Å². The molecule has 0 aromatic heterocycles. The van der Waals surface area contributed by atoms with Crippen LogP contribution in [0, 0.1) is 11.2 Å². The maximum absolute atomic E-state index is 13.3. The first-order chi connectivity index (χ1) is 16.8. The van der Waals surface area contributed by atoms with Crippen LogP contribution in [0.15, 0.2) is 42.5 Å². The number of aryl methyl sites for hydroxylation is 1. The number of amides is 3. The number of carbonyl (C=O) groups excluding carboxylic acids is 3. The summed E-state index contributed by atoms with van der Waals surface area (Å²) in [6, 6.07) is 11.3. The molecule has 0 spiro atoms. The molecule has 0 radical (unpaired) electrons. The lowest BCUT2D eigenvalue weighted by molar-refractivity contribution is -0.142. The summed E-state index contributed by atoms with van der Waals surface area (Å²) >= 11 is 6.08. The third-order valence-electron chi connectivity index (χ3n) is 6.27. The predicted molar refractivity (Wildman–Crippen MR) is 131 cm³/mol. The highest BCUT2D eigenvalue weighted by molar-refractivity contribution is 6.31. The summed E-state index contributed by atoms with van der Waals surface area (Å²) in [7, 11) is 0. The van der Waals surface area contributed by atoms with E-state index in [2.05, 4.69) is 10.6 Å². The van der Waals surface area contributed by atoms with Crippen molar-refractivity contribution < 1.29 is 23.5 Å². The zero-order valence-electron chi connectivity index (χ0n) is 19.6. The van der Waals surface area contributed by atoms with Crippen molar-refractivity contribution in [3.8, 4) is 0 Å². The molecule has 4 N–H and O–H groups in total. The van der Waals surface area contributed by atoms with E-state index in [9.17, 15) is 18.8 Å². The maximum atomic E-state index is 13.3. The van der Waals surface area contributed by atoms with Gasteiger partial charge in [0.15, 0.2) is 0 Å². The van der Waals surface area contributed by atoms with Crippen LogP contribution in [0.4, 0.5) is 14.9 Å². The van der Waals surface area contributed by atoms with Crippen LogP contribution in [-0.4, -0.2) is 49.0 Å². The smallest absolute Gasteiger partial charge is 0.411 e. The molecule has 3 rings (SSSR count). The average molecular weight is 505 g/mol. The Morgan fingerprint density at radius 1 is 1.14 bits per heavy atom. The highest BCUT2D eigenvalue weighted by atomic mass is 35.5. The minimum Gasteiger partial charge on any atom is -0.448 e. The van der Waals surface area contributed by atoms with Gasteiger partial charge in [0.1, 0.15) is 12.4 Å². The van der Waals surface area contributed by atoms with E-state index in [0.717, 1.165) is 12.0 Å². The lowest BCUT2D eigenvalue weighted by atomic mass is 9.78. The highest BCUT2D eigenvalue weighted by Crippen LogP contribution is 2.33. The van der Waals surface area contributed by atoms with E-state index in [1.54, 1.807) is 17.0 Å². The van der Waals surface area contributed by atoms with E-state index in [0.29, 0.717) is 37.2 Å². The number of benzene rings is 2. The Morgan fingerprint density at radius 3 is 2.43 bits per heavy atom. The van der Waals surface area contributed by atoms with Crippen LogP contribution in [0.5, 0.6) is 0 Å². The van der Waals surface area contributed by atoms with Gasteiger partial charge in [-0.1, -0.05) is 36.7 Å². The summed E-state index contributed by atoms with van der Waals surface area (Å²) in [5, 5.41) is 5.70. The van der Waals surface area contributed by atoms with Crippen molar-refractivity contribution in [3.63, 3.8) is 0 Å². The number of hydrogen-bond donors (Lipinski definition) is 3. The Bertz CT molecular complexity index is 1060. The minimum absolute atomic E-state index is 0.0844. The number of halogens is 2. The van der Waals surface area contributed by atoms with Gasteiger partial charge in [-0.25, -0.2) is 9.18 Å². The van der Waals surface area contributed by atoms with Gasteiger partial charge in [-0.15, -0.1) is 0 Å². The van der Waals surface area contributed by atoms with Crippen molar-refractivity contribution in [2.24, 2.45) is 11.1 Å². The number of rotatable bonds is 8. The van der Waals surface area contributed by atoms with E-state index in [1.807, 2.05) is 19.1 Å². The monoisotopic (exact) mass is 504 g/mol. The largest absolute Gasteiger partial charge is 0.448 e. The van der Waals surface area contributed by atoms with Crippen molar-refractivity contribution >= 4 is 35.2 Å². The normalized spacial score (nSPS) is 14.8. The Hall–Kier alpha value is -3.17. The third kappa shape index (κ3) is 6.93. The van der Waals surface area contributed by atoms with Gasteiger partial charge in [0.05, 0.1) is 12.0 Å². The molecule has 1 aliphatic heterocycles. The van der Waals surface area contributed by atoms with Crippen LogP contribution in [0.2, 0.25) is 5.02 Å². The maximum Gasteiger partial charge on any atom is 0.411 e. The molecule has 1 aliphatic rings. The molecular formula is C25H30ClFN4O4. The zero-order valence-corrected chi connectivity index (χ0v) is 20.4. The van der Waals surface area contributed by atoms with Gasteiger partial charge < -0.3 is 20.7 Å². The van der Waals surface area contributed by atoms with Crippen LogP contribution in [0.1, 0.15) is 30.9 Å². The number of hydrogen-bond acceptors (Lipinski definition) is 5. The molecule has 0 bridgehead atoms. The van der Waals surface area contributed by atoms with E-state index >= 15 is 0 Å². The predicted octanol–water partition coefficient (Wildman–Crippen LogP) is 3.47. The molecule has 0 aliphatic carbocycles. The van der Waals surface area contributed by atoms with E-state index in [1.165, 1.54) is 18.2 Å². The lowest BCUT2D eigenvalue weighted by Crippen LogP contribution is -2.53. The minimum atomic E-state index is -1.04. The van der Waals surface area contributed by atoms with Gasteiger partial charge in [0, 0.05) is 30.3 Å². The zero-order chi connectivity index (χ0) is 25.4. The van der Waals surface area contributed by atoms with Gasteiger partial charge >= 0.3 is 6.09 Å². The van der Waals surface area contributed by atoms with Crippen molar-refractivity contribution in [1.29, 1.82) is 0 Å². The Kier molecular flexibility index (Phi) is 9.06. The fraction of sp³-hybridized carbons (Fsp3) is 0.400. The molecular weight excluding hydrogens is 475 g/mol. The standard InChI is InChI=1S/C25H30ClFN4O4/c1-2-17-3-7-20(8-4-17)30-24(34)35-16-25(9-11-31(12-10-25)22(32)14-28)23(33)29-15-18-5-6-19(27)13-21(18)26/h3-8,13H,2,9-12,14-16,28H2,1H3,(H,29,33)(H,30,34). The molecule has 0 atom stereocenters. The first kappa shape index (κ1) is 26.4. The van der Waals surface area contributed by atoms with Crippen molar-refractivity contribution in [3.05, 3.63) is 64.4 Å². The van der Waals surface area contributed by atoms with Crippen LogP contribution < -0.4 is 16.4 Å². The van der Waals surface area contributed by atoms with Crippen LogP contribution in [0.3, 0.4) is 0 Å². The second-order valence-electron chi connectivity index (χ2n) is 8.54. The summed E-state index contributed by atoms with van der Waals surface area (Å²) in [5.41, 5.74) is 6.71. The Balaban J connectivity index is 1.66. The molecule has 2 aromatic rings. The Morgan fingerprint density at radius 2 is 1.83 bits per heavy atom. The van der Waals surface area contributed by atoms with Crippen LogP contribution in [-0.2, 0) is 27.3 Å². The molecule has 0 saturated carbocycles. The molecule has 3 amide bonds. The number of nitrogens with zero attached hydrogens (tertiary/aromatic N) is 1. The van der Waals surface area contributed by atoms with Crippen molar-refractivity contribution in [1.82, 2.24) is 10.2 Å². The van der Waals surface area contributed by atoms with Crippen molar-refractivity contribution in [2.45, 2.75) is 32.7 Å². The summed E-state index contributed by atoms with van der Waals surface area (Å²) in [5.74, 6) is -1.01. The summed E-state index contributed by atoms with van der Waals surface area (Å²) in [6.45, 7) is 2.46. The molecule has 1 heterocycles. The quantitative estimate of drug-likeness (QED) is 0.509. The summed E-state index contributed by atoms with van der Waals surface area (Å²) < 4.78 is 18.8. The second kappa shape index (κ2) is 12.0. The van der Waals surface area contributed by atoms with Gasteiger partial charge in [0.25, 0.3) is 0 Å². The molecule has 1 fully saturated rings. The van der Waals surface area contributed by atoms with E-state index in [-0.39, 0.29) is 36.5 Å². The molecule has 8 nitrogen and oxygen atoms in total. The summed E-state index contributed by atoms with van der Waals surface area (Å²) in [6.07, 6.45) is 0.790. The summed E-state index contributed by atoms with van der Waals surface area (Å²) in [4.78, 5) is 39.3. The first-order valence-corrected chi connectivity index (χ1v) is 11.9. The molecule has 0 unspecified atom stereocenters. The number of piperidine rings is 1. The Labute approximate surface area is 208 Å². The first-order valence-electron chi connectivity index (χ1n) is 11.5. The lowest BCUT2D eigenvalue weighted by Gasteiger charge is -2.40. The molecule has 10 heteroatoms. The van der Waals surface area contributed by atoms with Crippen LogP contribution in [0.25, 0.3) is 0 Å². The number of nitrogens with two attached hydrogens (primary N) is 1. The second-order valence-corrected chi connectivity index (χ2v) is 8.94. The van der Waals surface area contributed by atoms with Gasteiger partial charge in [0.2, 0.25) is 11.8 Å². The SMILES string of the molecule is CCc1ccc(NC(=O)OCC2(C(=O)NCc3ccc(F)cc3Cl)CCN(C(=O)CN)CC2)cc1. The number of nitrogens with one attached hydrogen (secondary N) is 2. The highest BCUT2D eigenvalue weighted by Gasteiger charge is 2.43. The number of likely N-dealkylation sites (tertiary alicyclic amines) is 1. The number of anilines is 1.